The SMILES string of the molecule is COC(=O)c1nccc2c1CN(c1cccc(C(C)Cc3nncn3C)c1)C2=O. The molecule has 1 aliphatic rings. The lowest BCUT2D eigenvalue weighted by atomic mass is 9.97. The lowest BCUT2D eigenvalue weighted by Gasteiger charge is -2.19. The summed E-state index contributed by atoms with van der Waals surface area (Å²) < 4.78 is 6.71. The zero-order chi connectivity index (χ0) is 20.5. The van der Waals surface area contributed by atoms with Gasteiger partial charge in [-0.1, -0.05) is 19.1 Å². The third-order valence-corrected chi connectivity index (χ3v) is 5.27. The molecule has 0 fully saturated rings. The van der Waals surface area contributed by atoms with Crippen LogP contribution in [0.1, 0.15) is 50.6 Å². The molecular formula is C21H21N5O3. The van der Waals surface area contributed by atoms with Gasteiger partial charge in [-0.2, -0.15) is 0 Å². The van der Waals surface area contributed by atoms with E-state index in [4.69, 9.17) is 4.74 Å². The van der Waals surface area contributed by atoms with E-state index in [1.54, 1.807) is 17.3 Å². The Morgan fingerprint density at radius 3 is 2.86 bits per heavy atom. The Hall–Kier alpha value is -3.55. The lowest BCUT2D eigenvalue weighted by molar-refractivity contribution is 0.0592. The molecule has 148 valence electrons. The smallest absolute Gasteiger partial charge is 0.357 e. The molecule has 0 radical (unpaired) electrons. The van der Waals surface area contributed by atoms with Crippen LogP contribution in [0.25, 0.3) is 0 Å². The minimum atomic E-state index is -0.539. The molecule has 3 aromatic rings. The first-order valence-corrected chi connectivity index (χ1v) is 9.30. The van der Waals surface area contributed by atoms with Crippen LogP contribution in [0.4, 0.5) is 5.69 Å². The van der Waals surface area contributed by atoms with Crippen molar-refractivity contribution in [1.29, 1.82) is 0 Å². The average molecular weight is 391 g/mol. The van der Waals surface area contributed by atoms with Crippen LogP contribution in [0.15, 0.2) is 42.9 Å². The fraction of sp³-hybridized carbons (Fsp3) is 0.286. The highest BCUT2D eigenvalue weighted by molar-refractivity contribution is 6.11. The molecule has 0 bridgehead atoms. The second-order valence-corrected chi connectivity index (χ2v) is 7.13. The number of carbonyl (C=O) groups excluding carboxylic acids is 2. The number of benzene rings is 1. The Morgan fingerprint density at radius 2 is 2.14 bits per heavy atom. The van der Waals surface area contributed by atoms with E-state index in [1.165, 1.54) is 13.3 Å². The number of rotatable bonds is 5. The van der Waals surface area contributed by atoms with E-state index in [0.29, 0.717) is 11.1 Å². The normalized spacial score (nSPS) is 14.0. The van der Waals surface area contributed by atoms with Crippen molar-refractivity contribution >= 4 is 17.6 Å². The van der Waals surface area contributed by atoms with Crippen molar-refractivity contribution in [1.82, 2.24) is 19.7 Å². The van der Waals surface area contributed by atoms with E-state index in [0.717, 1.165) is 23.5 Å². The van der Waals surface area contributed by atoms with Crippen molar-refractivity contribution in [3.05, 3.63) is 71.1 Å². The molecular weight excluding hydrogens is 370 g/mol. The summed E-state index contributed by atoms with van der Waals surface area (Å²) in [6.07, 6.45) is 3.89. The molecule has 1 unspecified atom stereocenters. The average Bonchev–Trinajstić information content (AvgIpc) is 3.30. The summed E-state index contributed by atoms with van der Waals surface area (Å²) in [5, 5.41) is 8.08. The van der Waals surface area contributed by atoms with Crippen LogP contribution in [0.5, 0.6) is 0 Å². The maximum atomic E-state index is 13.0. The largest absolute Gasteiger partial charge is 0.464 e. The number of amides is 1. The van der Waals surface area contributed by atoms with E-state index in [2.05, 4.69) is 22.1 Å². The number of esters is 1. The number of pyridine rings is 1. The Bertz CT molecular complexity index is 1090. The number of anilines is 1. The van der Waals surface area contributed by atoms with Crippen molar-refractivity contribution in [2.45, 2.75) is 25.8 Å². The Balaban J connectivity index is 1.61. The summed E-state index contributed by atoms with van der Waals surface area (Å²) in [4.78, 5) is 30.8. The van der Waals surface area contributed by atoms with Crippen molar-refractivity contribution in [3.63, 3.8) is 0 Å². The van der Waals surface area contributed by atoms with Gasteiger partial charge in [-0.15, -0.1) is 10.2 Å². The predicted octanol–water partition coefficient (Wildman–Crippen LogP) is 2.50. The van der Waals surface area contributed by atoms with Crippen LogP contribution in [-0.2, 0) is 24.8 Å². The van der Waals surface area contributed by atoms with Crippen molar-refractivity contribution in [3.8, 4) is 0 Å². The number of hydrogen-bond acceptors (Lipinski definition) is 6. The standard InChI is InChI=1S/C21H21N5O3/c1-13(9-18-24-23-12-25(18)2)14-5-4-6-15(10-14)26-11-17-16(20(26)27)7-8-22-19(17)21(28)29-3/h4-8,10,12-13H,9,11H2,1-3H3. The highest BCUT2D eigenvalue weighted by Gasteiger charge is 2.33. The molecule has 1 aromatic carbocycles. The van der Waals surface area contributed by atoms with Crippen LogP contribution in [0, 0.1) is 0 Å². The second-order valence-electron chi connectivity index (χ2n) is 7.13. The summed E-state index contributed by atoms with van der Waals surface area (Å²) in [5.41, 5.74) is 3.15. The fourth-order valence-corrected chi connectivity index (χ4v) is 3.59. The van der Waals surface area contributed by atoms with Gasteiger partial charge in [0.2, 0.25) is 0 Å². The number of fused-ring (bicyclic) bond motifs is 1. The molecule has 4 rings (SSSR count). The Labute approximate surface area is 168 Å². The number of hydrogen-bond donors (Lipinski definition) is 0. The minimum Gasteiger partial charge on any atom is -0.464 e. The Morgan fingerprint density at radius 1 is 1.31 bits per heavy atom. The summed E-state index contributed by atoms with van der Waals surface area (Å²) in [6, 6.07) is 9.53. The van der Waals surface area contributed by atoms with Gasteiger partial charge in [-0.05, 0) is 29.7 Å². The van der Waals surface area contributed by atoms with Gasteiger partial charge in [0.05, 0.1) is 13.7 Å². The van der Waals surface area contributed by atoms with Gasteiger partial charge in [-0.25, -0.2) is 9.78 Å². The predicted molar refractivity (Wildman–Crippen MR) is 106 cm³/mol. The van der Waals surface area contributed by atoms with E-state index in [1.807, 2.05) is 35.9 Å². The van der Waals surface area contributed by atoms with Gasteiger partial charge in [-0.3, -0.25) is 4.79 Å². The zero-order valence-electron chi connectivity index (χ0n) is 16.5. The van der Waals surface area contributed by atoms with Crippen LogP contribution in [0.2, 0.25) is 0 Å². The summed E-state index contributed by atoms with van der Waals surface area (Å²) in [6.45, 7) is 2.40. The Kier molecular flexibility index (Phi) is 4.84. The highest BCUT2D eigenvalue weighted by atomic mass is 16.5. The monoisotopic (exact) mass is 391 g/mol. The molecule has 0 saturated carbocycles. The van der Waals surface area contributed by atoms with E-state index in [9.17, 15) is 9.59 Å². The molecule has 0 aliphatic carbocycles. The molecule has 29 heavy (non-hydrogen) atoms. The maximum absolute atomic E-state index is 13.0. The number of ether oxygens (including phenoxy) is 1. The van der Waals surface area contributed by atoms with Crippen LogP contribution >= 0.6 is 0 Å². The fourth-order valence-electron chi connectivity index (χ4n) is 3.59. The first-order chi connectivity index (χ1) is 14.0. The van der Waals surface area contributed by atoms with Crippen LogP contribution in [-0.4, -0.2) is 38.7 Å². The minimum absolute atomic E-state index is 0.148. The van der Waals surface area contributed by atoms with Gasteiger partial charge in [0, 0.05) is 36.5 Å². The third-order valence-electron chi connectivity index (χ3n) is 5.27. The first kappa shape index (κ1) is 18.8. The number of aromatic nitrogens is 4. The highest BCUT2D eigenvalue weighted by Crippen LogP contribution is 2.32. The summed E-state index contributed by atoms with van der Waals surface area (Å²) in [7, 11) is 3.23. The topological polar surface area (TPSA) is 90.2 Å². The quantitative estimate of drug-likeness (QED) is 0.621. The number of aryl methyl sites for hydroxylation is 1. The number of carbonyl (C=O) groups is 2. The second kappa shape index (κ2) is 7.46. The number of nitrogens with zero attached hydrogens (tertiary/aromatic N) is 5. The molecule has 1 aliphatic heterocycles. The zero-order valence-corrected chi connectivity index (χ0v) is 16.5. The lowest BCUT2D eigenvalue weighted by Crippen LogP contribution is -2.23. The maximum Gasteiger partial charge on any atom is 0.357 e. The first-order valence-electron chi connectivity index (χ1n) is 9.30. The molecule has 3 heterocycles. The van der Waals surface area contributed by atoms with Crippen LogP contribution < -0.4 is 4.90 Å². The van der Waals surface area contributed by atoms with Gasteiger partial charge < -0.3 is 14.2 Å². The molecule has 8 nitrogen and oxygen atoms in total. The van der Waals surface area contributed by atoms with Gasteiger partial charge in [0.25, 0.3) is 5.91 Å². The molecule has 0 spiro atoms. The van der Waals surface area contributed by atoms with Gasteiger partial charge in [0.15, 0.2) is 5.69 Å². The molecule has 0 saturated heterocycles. The molecule has 0 N–H and O–H groups in total. The van der Waals surface area contributed by atoms with Crippen molar-refractivity contribution in [2.75, 3.05) is 12.0 Å². The van der Waals surface area contributed by atoms with Crippen LogP contribution in [0.3, 0.4) is 0 Å². The van der Waals surface area contributed by atoms with Gasteiger partial charge in [0.1, 0.15) is 12.2 Å². The van der Waals surface area contributed by atoms with E-state index >= 15 is 0 Å². The number of methoxy groups -OCH3 is 1. The molecule has 1 amide bonds. The van der Waals surface area contributed by atoms with Gasteiger partial charge >= 0.3 is 5.97 Å². The summed E-state index contributed by atoms with van der Waals surface area (Å²) in [5.74, 6) is 0.416. The third kappa shape index (κ3) is 3.37. The van der Waals surface area contributed by atoms with E-state index in [-0.39, 0.29) is 24.1 Å². The molecule has 2 aromatic heterocycles. The van der Waals surface area contributed by atoms with Crippen molar-refractivity contribution < 1.29 is 14.3 Å². The molecule has 8 heteroatoms. The molecule has 1 atom stereocenters. The van der Waals surface area contributed by atoms with Crippen molar-refractivity contribution in [2.24, 2.45) is 7.05 Å². The summed E-state index contributed by atoms with van der Waals surface area (Å²) >= 11 is 0. The van der Waals surface area contributed by atoms with E-state index < -0.39 is 5.97 Å².